The van der Waals surface area contributed by atoms with E-state index in [2.05, 4.69) is 15.6 Å². The molecule has 29 heavy (non-hydrogen) atoms. The van der Waals surface area contributed by atoms with Crippen molar-refractivity contribution in [3.8, 4) is 0 Å². The summed E-state index contributed by atoms with van der Waals surface area (Å²) in [6, 6.07) is 11.5. The maximum absolute atomic E-state index is 12.8. The van der Waals surface area contributed by atoms with Crippen LogP contribution < -0.4 is 16.2 Å². The zero-order chi connectivity index (χ0) is 20.2. The Hall–Kier alpha value is -3.72. The zero-order valence-electron chi connectivity index (χ0n) is 15.5. The molecular weight excluding hydrogens is 374 g/mol. The molecule has 9 nitrogen and oxygen atoms in total. The van der Waals surface area contributed by atoms with Gasteiger partial charge in [0.05, 0.1) is 25.0 Å². The second-order valence-electron chi connectivity index (χ2n) is 6.44. The lowest BCUT2D eigenvalue weighted by Crippen LogP contribution is -2.41. The van der Waals surface area contributed by atoms with Crippen LogP contribution in [-0.4, -0.2) is 52.5 Å². The lowest BCUT2D eigenvalue weighted by atomic mass is 10.2. The van der Waals surface area contributed by atoms with Crippen molar-refractivity contribution < 1.29 is 14.3 Å². The standard InChI is InChI=1S/C20H19N5O4/c26-18(24-9-11-29-12-10-24)15-7-4-8-25-17(15)21-13-16(19(25)27)23-20(28)22-14-5-2-1-3-6-14/h1-8,13H,9-12H2,(H2,22,23,28). The molecule has 1 aromatic carbocycles. The molecule has 0 spiro atoms. The predicted octanol–water partition coefficient (Wildman–Crippen LogP) is 1.81. The highest BCUT2D eigenvalue weighted by Gasteiger charge is 2.22. The van der Waals surface area contributed by atoms with Crippen LogP contribution in [0.2, 0.25) is 0 Å². The van der Waals surface area contributed by atoms with Crippen molar-refractivity contribution in [2.24, 2.45) is 0 Å². The monoisotopic (exact) mass is 393 g/mol. The molecule has 0 unspecified atom stereocenters. The van der Waals surface area contributed by atoms with Gasteiger partial charge in [0.15, 0.2) is 5.65 Å². The largest absolute Gasteiger partial charge is 0.378 e. The quantitative estimate of drug-likeness (QED) is 0.706. The molecule has 1 aliphatic heterocycles. The van der Waals surface area contributed by atoms with Gasteiger partial charge in [-0.05, 0) is 24.3 Å². The molecule has 2 N–H and O–H groups in total. The van der Waals surface area contributed by atoms with Crippen molar-refractivity contribution in [2.75, 3.05) is 36.9 Å². The van der Waals surface area contributed by atoms with Gasteiger partial charge in [0, 0.05) is 25.0 Å². The second kappa shape index (κ2) is 8.11. The number of carbonyl (C=O) groups is 2. The summed E-state index contributed by atoms with van der Waals surface area (Å²) in [4.78, 5) is 43.7. The van der Waals surface area contributed by atoms with Gasteiger partial charge in [-0.25, -0.2) is 9.78 Å². The van der Waals surface area contributed by atoms with Crippen LogP contribution in [0.5, 0.6) is 0 Å². The summed E-state index contributed by atoms with van der Waals surface area (Å²) in [5.74, 6) is -0.208. The first-order chi connectivity index (χ1) is 14.1. The number of pyridine rings is 1. The number of ether oxygens (including phenoxy) is 1. The lowest BCUT2D eigenvalue weighted by Gasteiger charge is -2.27. The molecule has 148 valence electrons. The number of morpholine rings is 1. The third kappa shape index (κ3) is 3.94. The van der Waals surface area contributed by atoms with E-state index >= 15 is 0 Å². The van der Waals surface area contributed by atoms with Gasteiger partial charge in [0.25, 0.3) is 11.5 Å². The predicted molar refractivity (Wildman–Crippen MR) is 107 cm³/mol. The van der Waals surface area contributed by atoms with Gasteiger partial charge in [-0.15, -0.1) is 0 Å². The van der Waals surface area contributed by atoms with E-state index in [1.165, 1.54) is 16.8 Å². The molecule has 3 heterocycles. The number of para-hydroxylation sites is 1. The molecular formula is C20H19N5O4. The van der Waals surface area contributed by atoms with Crippen molar-refractivity contribution in [3.63, 3.8) is 0 Å². The third-order valence-electron chi connectivity index (χ3n) is 4.54. The second-order valence-corrected chi connectivity index (χ2v) is 6.44. The number of nitrogens with zero attached hydrogens (tertiary/aromatic N) is 3. The number of benzene rings is 1. The van der Waals surface area contributed by atoms with Crippen LogP contribution in [0.15, 0.2) is 59.7 Å². The van der Waals surface area contributed by atoms with Crippen molar-refractivity contribution in [1.82, 2.24) is 14.3 Å². The van der Waals surface area contributed by atoms with Crippen LogP contribution >= 0.6 is 0 Å². The van der Waals surface area contributed by atoms with E-state index in [9.17, 15) is 14.4 Å². The van der Waals surface area contributed by atoms with E-state index in [4.69, 9.17) is 4.74 Å². The molecule has 0 atom stereocenters. The topological polar surface area (TPSA) is 105 Å². The third-order valence-corrected chi connectivity index (χ3v) is 4.54. The Labute approximate surface area is 165 Å². The van der Waals surface area contributed by atoms with E-state index in [1.54, 1.807) is 41.3 Å². The molecule has 2 aromatic heterocycles. The molecule has 3 aromatic rings. The number of amides is 3. The summed E-state index contributed by atoms with van der Waals surface area (Å²) >= 11 is 0. The van der Waals surface area contributed by atoms with Crippen LogP contribution in [0.1, 0.15) is 10.4 Å². The molecule has 1 fully saturated rings. The summed E-state index contributed by atoms with van der Waals surface area (Å²) in [7, 11) is 0. The highest BCUT2D eigenvalue weighted by Crippen LogP contribution is 2.13. The molecule has 3 amide bonds. The Balaban J connectivity index is 1.60. The van der Waals surface area contributed by atoms with Crippen LogP contribution in [0, 0.1) is 0 Å². The van der Waals surface area contributed by atoms with Crippen molar-refractivity contribution >= 4 is 29.0 Å². The number of hydrogen-bond acceptors (Lipinski definition) is 5. The minimum absolute atomic E-state index is 0.00639. The number of anilines is 2. The van der Waals surface area contributed by atoms with Gasteiger partial charge in [-0.2, -0.15) is 0 Å². The van der Waals surface area contributed by atoms with Crippen LogP contribution in [0.3, 0.4) is 0 Å². The maximum atomic E-state index is 12.8. The number of nitrogens with one attached hydrogen (secondary N) is 2. The van der Waals surface area contributed by atoms with Gasteiger partial charge < -0.3 is 20.3 Å². The van der Waals surface area contributed by atoms with Crippen LogP contribution in [0.4, 0.5) is 16.2 Å². The number of urea groups is 1. The van der Waals surface area contributed by atoms with Crippen LogP contribution in [0.25, 0.3) is 5.65 Å². The molecule has 0 bridgehead atoms. The van der Waals surface area contributed by atoms with E-state index in [0.29, 0.717) is 37.6 Å². The normalized spacial score (nSPS) is 13.9. The van der Waals surface area contributed by atoms with E-state index in [-0.39, 0.29) is 17.2 Å². The highest BCUT2D eigenvalue weighted by atomic mass is 16.5. The average Bonchev–Trinajstić information content (AvgIpc) is 2.76. The molecule has 9 heteroatoms. The first-order valence-corrected chi connectivity index (χ1v) is 9.14. The van der Waals surface area contributed by atoms with E-state index in [1.807, 2.05) is 6.07 Å². The smallest absolute Gasteiger partial charge is 0.323 e. The Morgan fingerprint density at radius 2 is 1.76 bits per heavy atom. The molecule has 4 rings (SSSR count). The van der Waals surface area contributed by atoms with Gasteiger partial charge in [0.1, 0.15) is 5.69 Å². The number of hydrogen-bond donors (Lipinski definition) is 2. The molecule has 1 aliphatic rings. The van der Waals surface area contributed by atoms with Gasteiger partial charge in [0.2, 0.25) is 0 Å². The number of fused-ring (bicyclic) bond motifs is 1. The summed E-state index contributed by atoms with van der Waals surface area (Å²) in [6.07, 6.45) is 2.78. The minimum atomic E-state index is -0.560. The Kier molecular flexibility index (Phi) is 5.21. The van der Waals surface area contributed by atoms with E-state index < -0.39 is 11.6 Å². The Bertz CT molecular complexity index is 1110. The number of aromatic nitrogens is 2. The lowest BCUT2D eigenvalue weighted by molar-refractivity contribution is 0.0303. The first-order valence-electron chi connectivity index (χ1n) is 9.14. The zero-order valence-corrected chi connectivity index (χ0v) is 15.5. The summed E-state index contributed by atoms with van der Waals surface area (Å²) < 4.78 is 6.53. The summed E-state index contributed by atoms with van der Waals surface area (Å²) in [6.45, 7) is 1.94. The van der Waals surface area contributed by atoms with Crippen molar-refractivity contribution in [3.05, 3.63) is 70.8 Å². The molecule has 1 saturated heterocycles. The fraction of sp³-hybridized carbons (Fsp3) is 0.200. The van der Waals surface area contributed by atoms with Crippen LogP contribution in [-0.2, 0) is 4.74 Å². The molecule has 0 radical (unpaired) electrons. The molecule has 0 saturated carbocycles. The molecule has 0 aliphatic carbocycles. The first kappa shape index (κ1) is 18.6. The highest BCUT2D eigenvalue weighted by molar-refractivity contribution is 6.01. The van der Waals surface area contributed by atoms with Gasteiger partial charge in [-0.1, -0.05) is 18.2 Å². The summed E-state index contributed by atoms with van der Waals surface area (Å²) in [5.41, 5.74) is 0.689. The van der Waals surface area contributed by atoms with Gasteiger partial charge >= 0.3 is 6.03 Å². The number of carbonyl (C=O) groups excluding carboxylic acids is 2. The van der Waals surface area contributed by atoms with Crippen molar-refractivity contribution in [1.29, 1.82) is 0 Å². The SMILES string of the molecule is O=C(Nc1ccccc1)Nc1cnc2c(C(=O)N3CCOCC3)cccn2c1=O. The Morgan fingerprint density at radius 3 is 2.52 bits per heavy atom. The van der Waals surface area contributed by atoms with Crippen molar-refractivity contribution in [2.45, 2.75) is 0 Å². The Morgan fingerprint density at radius 1 is 1.00 bits per heavy atom. The number of rotatable bonds is 3. The van der Waals surface area contributed by atoms with E-state index in [0.717, 1.165) is 0 Å². The van der Waals surface area contributed by atoms with Gasteiger partial charge in [-0.3, -0.25) is 14.0 Å². The average molecular weight is 393 g/mol. The fourth-order valence-electron chi connectivity index (χ4n) is 3.10. The summed E-state index contributed by atoms with van der Waals surface area (Å²) in [5, 5.41) is 5.14. The fourth-order valence-corrected chi connectivity index (χ4v) is 3.10. The minimum Gasteiger partial charge on any atom is -0.378 e. The maximum Gasteiger partial charge on any atom is 0.323 e.